The summed E-state index contributed by atoms with van der Waals surface area (Å²) in [6.07, 6.45) is -36.2. The van der Waals surface area contributed by atoms with Crippen molar-refractivity contribution in [3.63, 3.8) is 0 Å². The molecule has 2 unspecified atom stereocenters. The van der Waals surface area contributed by atoms with Gasteiger partial charge in [-0.3, -0.25) is 4.18 Å². The van der Waals surface area contributed by atoms with Crippen LogP contribution in [-0.2, 0) is 62.0 Å². The van der Waals surface area contributed by atoms with Crippen LogP contribution in [0.1, 0.15) is 127 Å². The Kier molecular flexibility index (Phi) is 22.9. The normalized spacial score (nSPS) is 51.3. The molecule has 0 spiro atoms. The van der Waals surface area contributed by atoms with E-state index in [0.717, 1.165) is 19.3 Å². The van der Waals surface area contributed by atoms with Crippen molar-refractivity contribution in [1.29, 1.82) is 0 Å². The van der Waals surface area contributed by atoms with Crippen molar-refractivity contribution in [2.45, 2.75) is 299 Å². The Labute approximate surface area is 524 Å². The molecule has 34 atom stereocenters. The summed E-state index contributed by atoms with van der Waals surface area (Å²) in [5, 5.41) is 147. The predicted molar refractivity (Wildman–Crippen MR) is 288 cm³/mol. The first kappa shape index (κ1) is 71.5. The summed E-state index contributed by atoms with van der Waals surface area (Å²) in [7, 11) is -5.13. The number of hydrogen-bond acceptors (Lipinski definition) is 27. The van der Waals surface area contributed by atoms with E-state index < -0.39 is 193 Å². The van der Waals surface area contributed by atoms with E-state index in [4.69, 9.17) is 51.6 Å². The molecule has 0 aromatic rings. The van der Waals surface area contributed by atoms with E-state index >= 15 is 0 Å². The van der Waals surface area contributed by atoms with Crippen molar-refractivity contribution in [3.8, 4) is 0 Å². The summed E-state index contributed by atoms with van der Waals surface area (Å²) in [6, 6.07) is 0. The van der Waals surface area contributed by atoms with Crippen molar-refractivity contribution in [2.75, 3.05) is 0 Å². The van der Waals surface area contributed by atoms with E-state index in [9.17, 15) is 79.4 Å². The van der Waals surface area contributed by atoms with Crippen LogP contribution in [0.3, 0.4) is 0 Å². The first-order valence-electron chi connectivity index (χ1n) is 30.4. The molecule has 5 saturated heterocycles. The number of rotatable bonds is 17. The molecule has 86 heavy (non-hydrogen) atoms. The molecular weight excluding hydrogens is 1170 g/mol. The zero-order valence-corrected chi connectivity index (χ0v) is 53.7. The van der Waals surface area contributed by atoms with Crippen LogP contribution in [0.25, 0.3) is 0 Å². The van der Waals surface area contributed by atoms with Crippen LogP contribution in [0, 0.1) is 46.3 Å². The molecule has 5 heterocycles. The van der Waals surface area contributed by atoms with Gasteiger partial charge in [0.15, 0.2) is 31.5 Å². The fourth-order valence-corrected chi connectivity index (χ4v) is 16.7. The van der Waals surface area contributed by atoms with Gasteiger partial charge in [0.05, 0.1) is 42.7 Å². The summed E-state index contributed by atoms with van der Waals surface area (Å²) in [5.74, 6) is -2.68. The first-order valence-corrected chi connectivity index (χ1v) is 31.7. The molecule has 0 amide bonds. The maximum atomic E-state index is 12.5. The number of ether oxygens (including phenoxy) is 10. The number of fused-ring (bicyclic) bond motifs is 5. The second-order valence-electron chi connectivity index (χ2n) is 27.1. The Balaban J connectivity index is 0.00000961. The largest absolute Gasteiger partial charge is 1.00 e. The SMILES string of the molecule is CC(C)CC(O)C[C@@H](C)[C@H]1CC[C@H]2[C@@H]3C[C@H](O[C@@H]4O[C@H](C)C(O)(O)[C@H](O[C@@H]5O[C@H](C)[C@@H](O[C@@H]6O[C@H](C)[C@H](O)[C@H](O)[C@H]6O[C@@H]6O[C@H](C)[C@H](O)[C@H](O)[C@H]6O)[C@H](O)[C@H]5O[C@@H]5O[C@H](C)[C@@H](O)[C@H](O)[C@H]5O)[C@H]4O)C4C[C@@H](OS(=O)(=O)[O-])CC[C@]4(C)C3=CC[C@]12C.[Na+]. The number of hydrogen-bond donors (Lipinski definition) is 13. The fourth-order valence-electron chi connectivity index (χ4n) is 16.1. The summed E-state index contributed by atoms with van der Waals surface area (Å²) in [5.41, 5.74) is 0.406. The molecule has 9 aliphatic rings. The van der Waals surface area contributed by atoms with Gasteiger partial charge >= 0.3 is 29.6 Å². The zero-order valence-electron chi connectivity index (χ0n) is 50.9. The van der Waals surface area contributed by atoms with Gasteiger partial charge in [-0.25, -0.2) is 8.42 Å². The molecule has 13 N–H and O–H groups in total. The molecular formula is C57H95NaO27S. The van der Waals surface area contributed by atoms with Crippen molar-refractivity contribution in [1.82, 2.24) is 0 Å². The van der Waals surface area contributed by atoms with E-state index in [0.29, 0.717) is 31.6 Å². The molecule has 492 valence electrons. The Morgan fingerprint density at radius 2 is 1.10 bits per heavy atom. The van der Waals surface area contributed by atoms with Crippen LogP contribution in [0.2, 0.25) is 0 Å². The summed E-state index contributed by atoms with van der Waals surface area (Å²) >= 11 is 0. The van der Waals surface area contributed by atoms with Crippen molar-refractivity contribution in [3.05, 3.63) is 11.6 Å². The fraction of sp³-hybridized carbons (Fsp3) is 0.965. The smallest absolute Gasteiger partial charge is 0.726 e. The van der Waals surface area contributed by atoms with Gasteiger partial charge in [0, 0.05) is 0 Å². The van der Waals surface area contributed by atoms with Gasteiger partial charge in [0.25, 0.3) is 0 Å². The van der Waals surface area contributed by atoms with E-state index in [1.54, 1.807) is 0 Å². The van der Waals surface area contributed by atoms with Gasteiger partial charge < -0.3 is 118 Å². The molecule has 3 saturated carbocycles. The Hall–Kier alpha value is -0.310. The standard InChI is InChI=1S/C57H96O27S.Na/c1-21(2)17-28(58)18-22(3)31-11-12-32-30-20-35(34-19-29(84-85(71,72)73)13-15-56(34,10)33(30)14-16-55(31,32)9)79-52-45(68)49(57(69,70)27(8)78-52)83-54-48(82-51-43(66)40(63)37(60)24(5)75-51)44(67)46(26(7)77-54)80-53-47(41(64)38(61)25(6)76-53)81-50-42(65)39(62)36(59)23(4)74-50;/h14,21-32,34-54,58-70H,11-13,15-20H2,1-10H3,(H,71,72,73);/q;+1/p-1/t22-,23-,24-,25-,26-,27-,28?,29+,30+,31-,32+,34?,35+,36+,37-,38+,39+,40+,41+,42-,43-,44+,45-,46-,47-,48-,49-,50+,51+,52+,53+,54+,55-,56-;/m1./s1. The van der Waals surface area contributed by atoms with Crippen LogP contribution < -0.4 is 29.6 Å². The van der Waals surface area contributed by atoms with E-state index in [1.165, 1.54) is 40.2 Å². The van der Waals surface area contributed by atoms with Crippen molar-refractivity contribution < 1.29 is 160 Å². The van der Waals surface area contributed by atoms with E-state index in [-0.39, 0.29) is 71.5 Å². The molecule has 0 aromatic heterocycles. The van der Waals surface area contributed by atoms with Gasteiger partial charge in [0.1, 0.15) is 91.6 Å². The molecule has 29 heteroatoms. The summed E-state index contributed by atoms with van der Waals surface area (Å²) in [6.45, 7) is 17.6. The molecule has 5 aliphatic heterocycles. The van der Waals surface area contributed by atoms with Crippen LogP contribution in [0.4, 0.5) is 0 Å². The van der Waals surface area contributed by atoms with Gasteiger partial charge in [-0.15, -0.1) is 0 Å². The van der Waals surface area contributed by atoms with Crippen molar-refractivity contribution >= 4 is 10.4 Å². The molecule has 0 radical (unpaired) electrons. The van der Waals surface area contributed by atoms with Crippen molar-refractivity contribution in [2.24, 2.45) is 46.3 Å². The first-order chi connectivity index (χ1) is 39.6. The van der Waals surface area contributed by atoms with Crippen LogP contribution in [-0.4, -0.2) is 251 Å². The maximum Gasteiger partial charge on any atom is 1.00 e. The second kappa shape index (κ2) is 27.6. The number of aliphatic hydroxyl groups excluding tert-OH is 11. The average molecular weight is 1270 g/mol. The topological polar surface area (TPSA) is 422 Å². The summed E-state index contributed by atoms with van der Waals surface area (Å²) < 4.78 is 103. The predicted octanol–water partition coefficient (Wildman–Crippen LogP) is -4.60. The second-order valence-corrected chi connectivity index (χ2v) is 28.1. The van der Waals surface area contributed by atoms with Crippen LogP contribution in [0.15, 0.2) is 11.6 Å². The minimum absolute atomic E-state index is 0. The summed E-state index contributed by atoms with van der Waals surface area (Å²) in [4.78, 5) is 0. The van der Waals surface area contributed by atoms with Gasteiger partial charge in [0.2, 0.25) is 16.2 Å². The van der Waals surface area contributed by atoms with Gasteiger partial charge in [-0.1, -0.05) is 46.3 Å². The van der Waals surface area contributed by atoms with E-state index in [1.807, 2.05) is 0 Å². The molecule has 0 aromatic carbocycles. The molecule has 8 fully saturated rings. The number of aliphatic hydroxyl groups is 13. The van der Waals surface area contributed by atoms with Crippen LogP contribution in [0.5, 0.6) is 0 Å². The third kappa shape index (κ3) is 14.1. The van der Waals surface area contributed by atoms with Gasteiger partial charge in [-0.05, 0) is 139 Å². The monoisotopic (exact) mass is 1270 g/mol. The van der Waals surface area contributed by atoms with Crippen LogP contribution >= 0.6 is 0 Å². The minimum atomic E-state index is -5.13. The molecule has 9 rings (SSSR count). The van der Waals surface area contributed by atoms with Gasteiger partial charge in [-0.2, -0.15) is 0 Å². The zero-order chi connectivity index (χ0) is 62.5. The molecule has 0 bridgehead atoms. The average Bonchev–Trinajstić information content (AvgIpc) is 1.27. The molecule has 27 nitrogen and oxygen atoms in total. The Bertz CT molecular complexity index is 2400. The number of allylic oxidation sites excluding steroid dienone is 2. The molecule has 4 aliphatic carbocycles. The quantitative estimate of drug-likeness (QED) is 0.0214. The Morgan fingerprint density at radius 1 is 0.593 bits per heavy atom. The minimum Gasteiger partial charge on any atom is -0.726 e. The van der Waals surface area contributed by atoms with E-state index in [2.05, 4.69) is 40.7 Å². The maximum absolute atomic E-state index is 12.5. The third-order valence-corrected chi connectivity index (χ3v) is 21.4. The third-order valence-electron chi connectivity index (χ3n) is 20.9. The Morgan fingerprint density at radius 3 is 1.67 bits per heavy atom.